The average Bonchev–Trinajstić information content (AvgIpc) is 2.52. The second kappa shape index (κ2) is 5.19. The maximum atomic E-state index is 5.98. The van der Waals surface area contributed by atoms with Crippen LogP contribution in [-0.4, -0.2) is 18.7 Å². The van der Waals surface area contributed by atoms with E-state index in [9.17, 15) is 0 Å². The molecular weight excluding hydrogens is 210 g/mol. The van der Waals surface area contributed by atoms with Gasteiger partial charge in [0.05, 0.1) is 6.10 Å². The molecule has 0 aliphatic carbocycles. The molecule has 2 nitrogen and oxygen atoms in total. The number of hydrogen-bond donors (Lipinski definition) is 1. The third kappa shape index (κ3) is 3.08. The summed E-state index contributed by atoms with van der Waals surface area (Å²) >= 11 is 0. The predicted octanol–water partition coefficient (Wildman–Crippen LogP) is 3.21. The van der Waals surface area contributed by atoms with Gasteiger partial charge in [-0.3, -0.25) is 0 Å². The Kier molecular flexibility index (Phi) is 3.85. The molecule has 1 fully saturated rings. The summed E-state index contributed by atoms with van der Waals surface area (Å²) in [5.74, 6) is 0. The molecule has 0 spiro atoms. The second-order valence-electron chi connectivity index (χ2n) is 5.32. The van der Waals surface area contributed by atoms with Crippen molar-refractivity contribution < 1.29 is 4.74 Å². The molecule has 17 heavy (non-hydrogen) atoms. The number of ether oxygens (including phenoxy) is 1. The molecule has 2 heteroatoms. The standard InChI is InChI=1S/C15H23NO/c1-4-15(3)8-9-17-14(11-16-15)13-7-5-6-12(2)10-13/h5-7,10,14,16H,4,8-9,11H2,1-3H3. The molecule has 1 heterocycles. The maximum Gasteiger partial charge on any atom is 0.0949 e. The Balaban J connectivity index is 2.09. The van der Waals surface area contributed by atoms with E-state index in [1.165, 1.54) is 11.1 Å². The van der Waals surface area contributed by atoms with Crippen LogP contribution in [0.1, 0.15) is 43.9 Å². The quantitative estimate of drug-likeness (QED) is 0.847. The lowest BCUT2D eigenvalue weighted by Crippen LogP contribution is -2.42. The Morgan fingerprint density at radius 3 is 3.00 bits per heavy atom. The van der Waals surface area contributed by atoms with E-state index in [2.05, 4.69) is 50.4 Å². The lowest BCUT2D eigenvalue weighted by atomic mass is 9.95. The van der Waals surface area contributed by atoms with Crippen LogP contribution in [0.15, 0.2) is 24.3 Å². The summed E-state index contributed by atoms with van der Waals surface area (Å²) < 4.78 is 5.98. The Bertz CT molecular complexity index is 377. The van der Waals surface area contributed by atoms with E-state index in [-0.39, 0.29) is 11.6 Å². The predicted molar refractivity (Wildman–Crippen MR) is 71.2 cm³/mol. The monoisotopic (exact) mass is 233 g/mol. The molecule has 0 aromatic heterocycles. The molecule has 2 rings (SSSR count). The molecule has 1 N–H and O–H groups in total. The summed E-state index contributed by atoms with van der Waals surface area (Å²) in [6.45, 7) is 8.41. The third-order valence-electron chi connectivity index (χ3n) is 3.88. The Labute approximate surface area is 104 Å². The van der Waals surface area contributed by atoms with Crippen LogP contribution in [0, 0.1) is 6.92 Å². The van der Waals surface area contributed by atoms with Gasteiger partial charge >= 0.3 is 0 Å². The van der Waals surface area contributed by atoms with Gasteiger partial charge in [0.15, 0.2) is 0 Å². The Hall–Kier alpha value is -0.860. The molecule has 0 saturated carbocycles. The minimum absolute atomic E-state index is 0.197. The van der Waals surface area contributed by atoms with Crippen molar-refractivity contribution in [1.82, 2.24) is 5.32 Å². The first-order valence-corrected chi connectivity index (χ1v) is 6.56. The largest absolute Gasteiger partial charge is 0.372 e. The topological polar surface area (TPSA) is 21.3 Å². The summed E-state index contributed by atoms with van der Waals surface area (Å²) in [4.78, 5) is 0. The first-order valence-electron chi connectivity index (χ1n) is 6.56. The zero-order chi connectivity index (χ0) is 12.3. The van der Waals surface area contributed by atoms with Gasteiger partial charge in [0.2, 0.25) is 0 Å². The number of rotatable bonds is 2. The van der Waals surface area contributed by atoms with Gasteiger partial charge in [0.25, 0.3) is 0 Å². The molecule has 0 radical (unpaired) electrons. The summed E-state index contributed by atoms with van der Waals surface area (Å²) in [7, 11) is 0. The van der Waals surface area contributed by atoms with Gasteiger partial charge in [-0.1, -0.05) is 36.8 Å². The molecular formula is C15H23NO. The van der Waals surface area contributed by atoms with Crippen LogP contribution in [0.5, 0.6) is 0 Å². The van der Waals surface area contributed by atoms with E-state index >= 15 is 0 Å². The molecule has 94 valence electrons. The number of hydrogen-bond acceptors (Lipinski definition) is 2. The minimum atomic E-state index is 0.197. The van der Waals surface area contributed by atoms with Gasteiger partial charge in [0, 0.05) is 18.7 Å². The van der Waals surface area contributed by atoms with Crippen LogP contribution in [-0.2, 0) is 4.74 Å². The van der Waals surface area contributed by atoms with Crippen molar-refractivity contribution in [3.63, 3.8) is 0 Å². The average molecular weight is 233 g/mol. The summed E-state index contributed by atoms with van der Waals surface area (Å²) in [5.41, 5.74) is 2.82. The minimum Gasteiger partial charge on any atom is -0.372 e. The lowest BCUT2D eigenvalue weighted by Gasteiger charge is -2.27. The van der Waals surface area contributed by atoms with Crippen LogP contribution in [0.4, 0.5) is 0 Å². The number of benzene rings is 1. The Morgan fingerprint density at radius 2 is 2.29 bits per heavy atom. The highest BCUT2D eigenvalue weighted by Crippen LogP contribution is 2.25. The van der Waals surface area contributed by atoms with E-state index < -0.39 is 0 Å². The highest BCUT2D eigenvalue weighted by atomic mass is 16.5. The SMILES string of the molecule is CCC1(C)CCOC(c2cccc(C)c2)CN1. The third-order valence-corrected chi connectivity index (χ3v) is 3.88. The van der Waals surface area contributed by atoms with E-state index in [0.29, 0.717) is 0 Å². The van der Waals surface area contributed by atoms with Crippen LogP contribution in [0.25, 0.3) is 0 Å². The van der Waals surface area contributed by atoms with E-state index in [1.807, 2.05) is 0 Å². The zero-order valence-electron chi connectivity index (χ0n) is 11.1. The van der Waals surface area contributed by atoms with Crippen LogP contribution in [0.3, 0.4) is 0 Å². The zero-order valence-corrected chi connectivity index (χ0v) is 11.1. The first-order chi connectivity index (χ1) is 8.13. The normalized spacial score (nSPS) is 29.9. The van der Waals surface area contributed by atoms with E-state index in [0.717, 1.165) is 26.0 Å². The molecule has 2 unspecified atom stereocenters. The van der Waals surface area contributed by atoms with Crippen molar-refractivity contribution in [1.29, 1.82) is 0 Å². The maximum absolute atomic E-state index is 5.98. The molecule has 1 aliphatic heterocycles. The molecule has 2 atom stereocenters. The van der Waals surface area contributed by atoms with Crippen LogP contribution in [0.2, 0.25) is 0 Å². The molecule has 1 saturated heterocycles. The molecule has 0 amide bonds. The fourth-order valence-corrected chi connectivity index (χ4v) is 2.30. The van der Waals surface area contributed by atoms with Gasteiger partial charge in [0.1, 0.15) is 0 Å². The summed E-state index contributed by atoms with van der Waals surface area (Å²) in [6, 6.07) is 8.62. The molecule has 1 aliphatic rings. The molecule has 1 aromatic rings. The number of nitrogens with one attached hydrogen (secondary N) is 1. The van der Waals surface area contributed by atoms with E-state index in [4.69, 9.17) is 4.74 Å². The smallest absolute Gasteiger partial charge is 0.0949 e. The van der Waals surface area contributed by atoms with Crippen LogP contribution >= 0.6 is 0 Å². The fourth-order valence-electron chi connectivity index (χ4n) is 2.30. The van der Waals surface area contributed by atoms with Gasteiger partial charge in [-0.2, -0.15) is 0 Å². The Morgan fingerprint density at radius 1 is 1.47 bits per heavy atom. The van der Waals surface area contributed by atoms with Crippen LogP contribution < -0.4 is 5.32 Å². The summed E-state index contributed by atoms with van der Waals surface area (Å²) in [6.07, 6.45) is 2.44. The number of aryl methyl sites for hydroxylation is 1. The van der Waals surface area contributed by atoms with Crippen molar-refractivity contribution in [3.8, 4) is 0 Å². The highest BCUT2D eigenvalue weighted by molar-refractivity contribution is 5.24. The van der Waals surface area contributed by atoms with Crippen molar-refractivity contribution in [2.75, 3.05) is 13.2 Å². The van der Waals surface area contributed by atoms with Gasteiger partial charge in [-0.25, -0.2) is 0 Å². The van der Waals surface area contributed by atoms with Gasteiger partial charge in [-0.15, -0.1) is 0 Å². The van der Waals surface area contributed by atoms with Crippen molar-refractivity contribution >= 4 is 0 Å². The van der Waals surface area contributed by atoms with Gasteiger partial charge in [-0.05, 0) is 32.3 Å². The summed E-state index contributed by atoms with van der Waals surface area (Å²) in [5, 5.41) is 3.65. The lowest BCUT2D eigenvalue weighted by molar-refractivity contribution is 0.0653. The molecule has 1 aromatic carbocycles. The van der Waals surface area contributed by atoms with Gasteiger partial charge < -0.3 is 10.1 Å². The molecule has 0 bridgehead atoms. The first kappa shape index (κ1) is 12.6. The van der Waals surface area contributed by atoms with E-state index in [1.54, 1.807) is 0 Å². The highest BCUT2D eigenvalue weighted by Gasteiger charge is 2.27. The fraction of sp³-hybridized carbons (Fsp3) is 0.600. The van der Waals surface area contributed by atoms with Crippen molar-refractivity contribution in [3.05, 3.63) is 35.4 Å². The second-order valence-corrected chi connectivity index (χ2v) is 5.32. The van der Waals surface area contributed by atoms with Crippen molar-refractivity contribution in [2.24, 2.45) is 0 Å². The van der Waals surface area contributed by atoms with Crippen molar-refractivity contribution in [2.45, 2.75) is 45.3 Å².